The number of nitrogens with one attached hydrogen (secondary N) is 2. The summed E-state index contributed by atoms with van der Waals surface area (Å²) in [7, 11) is -3.51. The van der Waals surface area contributed by atoms with Crippen LogP contribution in [0.1, 0.15) is 30.6 Å². The molecule has 1 fully saturated rings. The molecule has 1 saturated heterocycles. The Morgan fingerprint density at radius 1 is 1.07 bits per heavy atom. The van der Waals surface area contributed by atoms with Gasteiger partial charge in [-0.15, -0.1) is 22.7 Å². The lowest BCUT2D eigenvalue weighted by Crippen LogP contribution is -2.46. The van der Waals surface area contributed by atoms with Crippen LogP contribution >= 0.6 is 22.7 Å². The predicted molar refractivity (Wildman–Crippen MR) is 110 cm³/mol. The lowest BCUT2D eigenvalue weighted by molar-refractivity contribution is -0.139. The van der Waals surface area contributed by atoms with E-state index in [-0.39, 0.29) is 12.6 Å². The van der Waals surface area contributed by atoms with Gasteiger partial charge >= 0.3 is 11.8 Å². The van der Waals surface area contributed by atoms with Crippen LogP contribution < -0.4 is 10.6 Å². The van der Waals surface area contributed by atoms with Gasteiger partial charge in [-0.25, -0.2) is 8.42 Å². The molecule has 2 aromatic heterocycles. The number of carbonyl (C=O) groups is 2. The third kappa shape index (κ3) is 5.19. The number of sulfonamides is 1. The molecule has 2 N–H and O–H groups in total. The number of rotatable bonds is 7. The lowest BCUT2D eigenvalue weighted by atomic mass is 10.0. The number of hydrogen-bond acceptors (Lipinski definition) is 6. The van der Waals surface area contributed by atoms with Crippen molar-refractivity contribution in [2.24, 2.45) is 0 Å². The van der Waals surface area contributed by atoms with Crippen molar-refractivity contribution < 1.29 is 18.0 Å². The zero-order valence-electron chi connectivity index (χ0n) is 15.3. The molecule has 0 saturated carbocycles. The van der Waals surface area contributed by atoms with E-state index >= 15 is 0 Å². The first-order valence-corrected chi connectivity index (χ1v) is 12.3. The standard InChI is InChI=1S/C18H23N3O4S3/c22-17(18(23)20-13-15-6-3-11-26-15)19-9-8-14-5-1-2-10-21(14)28(24,25)16-7-4-12-27-16/h3-4,6-7,11-12,14H,1-2,5,8-10,13H2,(H,19,22)(H,20,23). The van der Waals surface area contributed by atoms with Crippen LogP contribution in [0, 0.1) is 0 Å². The second kappa shape index (κ2) is 9.64. The van der Waals surface area contributed by atoms with Crippen LogP contribution in [0.4, 0.5) is 0 Å². The molecule has 3 rings (SSSR count). The molecule has 0 bridgehead atoms. The molecule has 0 aliphatic carbocycles. The molecule has 3 heterocycles. The molecule has 1 atom stereocenters. The quantitative estimate of drug-likeness (QED) is 0.644. The summed E-state index contributed by atoms with van der Waals surface area (Å²) in [5, 5.41) is 8.83. The van der Waals surface area contributed by atoms with Gasteiger partial charge < -0.3 is 10.6 Å². The van der Waals surface area contributed by atoms with Gasteiger partial charge in [-0.05, 0) is 42.2 Å². The fourth-order valence-electron chi connectivity index (χ4n) is 3.20. The van der Waals surface area contributed by atoms with Crippen molar-refractivity contribution in [2.45, 2.75) is 42.5 Å². The Morgan fingerprint density at radius 2 is 1.82 bits per heavy atom. The first kappa shape index (κ1) is 21.0. The Morgan fingerprint density at radius 3 is 2.54 bits per heavy atom. The minimum absolute atomic E-state index is 0.171. The van der Waals surface area contributed by atoms with Gasteiger partial charge in [0, 0.05) is 24.0 Å². The Bertz CT molecular complexity index is 879. The highest BCUT2D eigenvalue weighted by molar-refractivity contribution is 7.91. The minimum atomic E-state index is -3.51. The molecule has 0 aromatic carbocycles. The van der Waals surface area contributed by atoms with E-state index in [2.05, 4.69) is 10.6 Å². The van der Waals surface area contributed by atoms with Crippen molar-refractivity contribution in [3.63, 3.8) is 0 Å². The summed E-state index contributed by atoms with van der Waals surface area (Å²) in [6.07, 6.45) is 3.02. The van der Waals surface area contributed by atoms with E-state index in [1.54, 1.807) is 21.8 Å². The highest BCUT2D eigenvalue weighted by Crippen LogP contribution is 2.28. The largest absolute Gasteiger partial charge is 0.348 e. The fraction of sp³-hybridized carbons (Fsp3) is 0.444. The Labute approximate surface area is 172 Å². The number of carbonyl (C=O) groups excluding carboxylic acids is 2. The van der Waals surface area contributed by atoms with E-state index in [1.807, 2.05) is 17.5 Å². The predicted octanol–water partition coefficient (Wildman–Crippen LogP) is 2.18. The smallest absolute Gasteiger partial charge is 0.309 e. The second-order valence-electron chi connectivity index (χ2n) is 6.50. The molecular weight excluding hydrogens is 418 g/mol. The van der Waals surface area contributed by atoms with E-state index in [4.69, 9.17) is 0 Å². The summed E-state index contributed by atoms with van der Waals surface area (Å²) in [5.74, 6) is -1.37. The summed E-state index contributed by atoms with van der Waals surface area (Å²) in [6, 6.07) is 6.94. The molecule has 0 radical (unpaired) electrons. The van der Waals surface area contributed by atoms with Gasteiger partial charge in [-0.3, -0.25) is 9.59 Å². The summed E-state index contributed by atoms with van der Waals surface area (Å²) in [5.41, 5.74) is 0. The zero-order chi connectivity index (χ0) is 20.0. The highest BCUT2D eigenvalue weighted by atomic mass is 32.2. The van der Waals surface area contributed by atoms with Crippen LogP contribution in [0.5, 0.6) is 0 Å². The van der Waals surface area contributed by atoms with Gasteiger partial charge in [0.15, 0.2) is 0 Å². The Kier molecular flexibility index (Phi) is 7.22. The van der Waals surface area contributed by atoms with Crippen molar-refractivity contribution in [1.82, 2.24) is 14.9 Å². The summed E-state index contributed by atoms with van der Waals surface area (Å²) in [6.45, 7) is 1.06. The van der Waals surface area contributed by atoms with E-state index < -0.39 is 21.8 Å². The van der Waals surface area contributed by atoms with Gasteiger partial charge in [-0.1, -0.05) is 18.6 Å². The first-order chi connectivity index (χ1) is 13.5. The molecule has 1 aliphatic rings. The highest BCUT2D eigenvalue weighted by Gasteiger charge is 2.33. The maximum atomic E-state index is 12.8. The van der Waals surface area contributed by atoms with Crippen LogP contribution in [-0.4, -0.2) is 43.7 Å². The summed E-state index contributed by atoms with van der Waals surface area (Å²) in [4.78, 5) is 24.8. The van der Waals surface area contributed by atoms with Crippen LogP contribution in [0.25, 0.3) is 0 Å². The lowest BCUT2D eigenvalue weighted by Gasteiger charge is -2.34. The average molecular weight is 442 g/mol. The van der Waals surface area contributed by atoms with Crippen LogP contribution in [0.15, 0.2) is 39.2 Å². The molecule has 7 nitrogen and oxygen atoms in total. The first-order valence-electron chi connectivity index (χ1n) is 9.12. The molecule has 152 valence electrons. The van der Waals surface area contributed by atoms with Crippen molar-refractivity contribution in [2.75, 3.05) is 13.1 Å². The fourth-order valence-corrected chi connectivity index (χ4v) is 6.69. The third-order valence-electron chi connectivity index (χ3n) is 4.60. The van der Waals surface area contributed by atoms with Crippen molar-refractivity contribution in [3.8, 4) is 0 Å². The van der Waals surface area contributed by atoms with Gasteiger partial charge in [-0.2, -0.15) is 4.31 Å². The van der Waals surface area contributed by atoms with Crippen LogP contribution in [-0.2, 0) is 26.2 Å². The van der Waals surface area contributed by atoms with Crippen molar-refractivity contribution in [3.05, 3.63) is 39.9 Å². The molecule has 2 amide bonds. The molecule has 10 heteroatoms. The summed E-state index contributed by atoms with van der Waals surface area (Å²) >= 11 is 2.72. The number of piperidine rings is 1. The molecule has 2 aromatic rings. The molecule has 1 unspecified atom stereocenters. The monoisotopic (exact) mass is 441 g/mol. The van der Waals surface area contributed by atoms with Crippen LogP contribution in [0.2, 0.25) is 0 Å². The molecule has 1 aliphatic heterocycles. The minimum Gasteiger partial charge on any atom is -0.348 e. The average Bonchev–Trinajstić information content (AvgIpc) is 3.40. The van der Waals surface area contributed by atoms with E-state index in [0.29, 0.717) is 23.7 Å². The van der Waals surface area contributed by atoms with Gasteiger partial charge in [0.25, 0.3) is 10.0 Å². The molecule has 28 heavy (non-hydrogen) atoms. The number of amides is 2. The Balaban J connectivity index is 1.49. The van der Waals surface area contributed by atoms with Crippen molar-refractivity contribution >= 4 is 44.5 Å². The Hall–Kier alpha value is -1.75. The SMILES string of the molecule is O=C(NCCC1CCCCN1S(=O)(=O)c1cccs1)C(=O)NCc1cccs1. The van der Waals surface area contributed by atoms with Crippen molar-refractivity contribution in [1.29, 1.82) is 0 Å². The van der Waals surface area contributed by atoms with Gasteiger partial charge in [0.2, 0.25) is 0 Å². The number of nitrogens with zero attached hydrogens (tertiary/aromatic N) is 1. The van der Waals surface area contributed by atoms with E-state index in [9.17, 15) is 18.0 Å². The van der Waals surface area contributed by atoms with E-state index in [1.165, 1.54) is 22.7 Å². The zero-order valence-corrected chi connectivity index (χ0v) is 17.7. The van der Waals surface area contributed by atoms with Gasteiger partial charge in [0.1, 0.15) is 4.21 Å². The molecule has 0 spiro atoms. The number of hydrogen-bond donors (Lipinski definition) is 2. The maximum Gasteiger partial charge on any atom is 0.309 e. The molecular formula is C18H23N3O4S3. The topological polar surface area (TPSA) is 95.6 Å². The number of thiophene rings is 2. The van der Waals surface area contributed by atoms with Gasteiger partial charge in [0.05, 0.1) is 6.54 Å². The normalized spacial score (nSPS) is 17.9. The second-order valence-corrected chi connectivity index (χ2v) is 10.6. The summed E-state index contributed by atoms with van der Waals surface area (Å²) < 4.78 is 27.6. The van der Waals surface area contributed by atoms with Crippen LogP contribution in [0.3, 0.4) is 0 Å². The van der Waals surface area contributed by atoms with E-state index in [0.717, 1.165) is 24.1 Å². The maximum absolute atomic E-state index is 12.8. The third-order valence-corrected chi connectivity index (χ3v) is 8.81.